The van der Waals surface area contributed by atoms with E-state index in [9.17, 15) is 13.2 Å². The number of nitrogens with zero attached hydrogens (tertiary/aromatic N) is 2. The Morgan fingerprint density at radius 1 is 1.25 bits per heavy atom. The SMILES string of the molecule is COc1ccc(S(=O)(=O)N2CCN(C)C(=O)C2)cc1C. The van der Waals surface area contributed by atoms with E-state index in [0.29, 0.717) is 18.8 Å². The van der Waals surface area contributed by atoms with Gasteiger partial charge in [0.15, 0.2) is 0 Å². The number of carbonyl (C=O) groups excluding carboxylic acids is 1. The highest BCUT2D eigenvalue weighted by Gasteiger charge is 2.31. The quantitative estimate of drug-likeness (QED) is 0.813. The third-order valence-corrected chi connectivity index (χ3v) is 5.27. The number of likely N-dealkylation sites (N-methyl/N-ethyl adjacent to an activating group) is 1. The molecule has 0 unspecified atom stereocenters. The number of hydrogen-bond donors (Lipinski definition) is 0. The number of benzene rings is 1. The van der Waals surface area contributed by atoms with Crippen molar-refractivity contribution in [2.75, 3.05) is 33.8 Å². The minimum Gasteiger partial charge on any atom is -0.496 e. The van der Waals surface area contributed by atoms with Gasteiger partial charge < -0.3 is 9.64 Å². The van der Waals surface area contributed by atoms with E-state index in [1.807, 2.05) is 0 Å². The van der Waals surface area contributed by atoms with Crippen molar-refractivity contribution in [1.29, 1.82) is 0 Å². The average molecular weight is 298 g/mol. The van der Waals surface area contributed by atoms with E-state index in [1.54, 1.807) is 26.1 Å². The molecule has 0 spiro atoms. The van der Waals surface area contributed by atoms with Crippen LogP contribution in [-0.2, 0) is 14.8 Å². The third kappa shape index (κ3) is 2.64. The van der Waals surface area contributed by atoms with Crippen molar-refractivity contribution < 1.29 is 17.9 Å². The molecule has 0 bridgehead atoms. The molecule has 7 heteroatoms. The van der Waals surface area contributed by atoms with Gasteiger partial charge in [-0.25, -0.2) is 8.42 Å². The van der Waals surface area contributed by atoms with E-state index in [0.717, 1.165) is 5.56 Å². The van der Waals surface area contributed by atoms with E-state index >= 15 is 0 Å². The first-order valence-electron chi connectivity index (χ1n) is 6.25. The zero-order chi connectivity index (χ0) is 14.9. The van der Waals surface area contributed by atoms with E-state index in [1.165, 1.54) is 22.4 Å². The molecule has 0 N–H and O–H groups in total. The number of methoxy groups -OCH3 is 1. The highest BCUT2D eigenvalue weighted by Crippen LogP contribution is 2.24. The van der Waals surface area contributed by atoms with E-state index in [-0.39, 0.29) is 17.3 Å². The third-order valence-electron chi connectivity index (χ3n) is 3.43. The molecule has 0 aromatic heterocycles. The molecule has 1 aliphatic rings. The van der Waals surface area contributed by atoms with Crippen molar-refractivity contribution in [3.63, 3.8) is 0 Å². The van der Waals surface area contributed by atoms with Crippen LogP contribution in [0.1, 0.15) is 5.56 Å². The Kier molecular flexibility index (Phi) is 4.01. The molecule has 0 saturated carbocycles. The fraction of sp³-hybridized carbons (Fsp3) is 0.462. The predicted molar refractivity (Wildman–Crippen MR) is 74.1 cm³/mol. The molecule has 20 heavy (non-hydrogen) atoms. The molecule has 1 heterocycles. The topological polar surface area (TPSA) is 66.9 Å². The fourth-order valence-electron chi connectivity index (χ4n) is 2.10. The van der Waals surface area contributed by atoms with Crippen LogP contribution in [0.3, 0.4) is 0 Å². The smallest absolute Gasteiger partial charge is 0.243 e. The van der Waals surface area contributed by atoms with Crippen LogP contribution in [0.2, 0.25) is 0 Å². The maximum Gasteiger partial charge on any atom is 0.243 e. The van der Waals surface area contributed by atoms with Crippen LogP contribution in [0.5, 0.6) is 5.75 Å². The number of hydrogen-bond acceptors (Lipinski definition) is 4. The van der Waals surface area contributed by atoms with Crippen molar-refractivity contribution in [3.05, 3.63) is 23.8 Å². The van der Waals surface area contributed by atoms with Crippen LogP contribution >= 0.6 is 0 Å². The van der Waals surface area contributed by atoms with Crippen molar-refractivity contribution in [1.82, 2.24) is 9.21 Å². The number of sulfonamides is 1. The molecule has 1 aliphatic heterocycles. The van der Waals surface area contributed by atoms with Crippen molar-refractivity contribution in [3.8, 4) is 5.75 Å². The number of carbonyl (C=O) groups is 1. The molecule has 1 saturated heterocycles. The van der Waals surface area contributed by atoms with Crippen molar-refractivity contribution >= 4 is 15.9 Å². The molecule has 0 atom stereocenters. The Bertz CT molecular complexity index is 627. The molecular formula is C13H18N2O4S. The lowest BCUT2D eigenvalue weighted by atomic mass is 10.2. The van der Waals surface area contributed by atoms with E-state index in [2.05, 4.69) is 0 Å². The zero-order valence-corrected chi connectivity index (χ0v) is 12.6. The first kappa shape index (κ1) is 14.8. The summed E-state index contributed by atoms with van der Waals surface area (Å²) in [7, 11) is -0.428. The summed E-state index contributed by atoms with van der Waals surface area (Å²) in [6.07, 6.45) is 0. The fourth-order valence-corrected chi connectivity index (χ4v) is 3.57. The summed E-state index contributed by atoms with van der Waals surface area (Å²) in [6.45, 7) is 2.40. The highest BCUT2D eigenvalue weighted by molar-refractivity contribution is 7.89. The number of piperazine rings is 1. The molecule has 110 valence electrons. The van der Waals surface area contributed by atoms with E-state index in [4.69, 9.17) is 4.74 Å². The van der Waals surface area contributed by atoms with Gasteiger partial charge in [-0.3, -0.25) is 4.79 Å². The summed E-state index contributed by atoms with van der Waals surface area (Å²) in [4.78, 5) is 13.4. The van der Waals surface area contributed by atoms with Gasteiger partial charge in [0.1, 0.15) is 5.75 Å². The first-order chi connectivity index (χ1) is 9.36. The maximum atomic E-state index is 12.5. The lowest BCUT2D eigenvalue weighted by Crippen LogP contribution is -2.50. The molecule has 1 aromatic rings. The van der Waals surface area contributed by atoms with Gasteiger partial charge >= 0.3 is 0 Å². The number of ether oxygens (including phenoxy) is 1. The van der Waals surface area contributed by atoms with Gasteiger partial charge in [0.25, 0.3) is 0 Å². The number of amides is 1. The minimum atomic E-state index is -3.64. The summed E-state index contributed by atoms with van der Waals surface area (Å²) in [5, 5.41) is 0. The van der Waals surface area contributed by atoms with Gasteiger partial charge in [-0.15, -0.1) is 0 Å². The molecule has 1 aromatic carbocycles. The normalized spacial score (nSPS) is 17.4. The van der Waals surface area contributed by atoms with Crippen LogP contribution in [0.25, 0.3) is 0 Å². The largest absolute Gasteiger partial charge is 0.496 e. The van der Waals surface area contributed by atoms with Gasteiger partial charge in [0.05, 0.1) is 18.6 Å². The highest BCUT2D eigenvalue weighted by atomic mass is 32.2. The first-order valence-corrected chi connectivity index (χ1v) is 7.69. The Hall–Kier alpha value is -1.60. The van der Waals surface area contributed by atoms with Gasteiger partial charge in [-0.05, 0) is 30.7 Å². The van der Waals surface area contributed by atoms with E-state index < -0.39 is 10.0 Å². The molecule has 1 fully saturated rings. The van der Waals surface area contributed by atoms with Crippen LogP contribution in [0, 0.1) is 6.92 Å². The molecular weight excluding hydrogens is 280 g/mol. The second-order valence-corrected chi connectivity index (χ2v) is 6.72. The van der Waals surface area contributed by atoms with Gasteiger partial charge in [-0.2, -0.15) is 4.31 Å². The summed E-state index contributed by atoms with van der Waals surface area (Å²) in [5.74, 6) is 0.448. The van der Waals surface area contributed by atoms with Gasteiger partial charge in [0.2, 0.25) is 15.9 Å². The Morgan fingerprint density at radius 3 is 2.50 bits per heavy atom. The molecule has 0 radical (unpaired) electrons. The average Bonchev–Trinajstić information content (AvgIpc) is 2.41. The van der Waals surface area contributed by atoms with Crippen molar-refractivity contribution in [2.24, 2.45) is 0 Å². The summed E-state index contributed by atoms with van der Waals surface area (Å²) >= 11 is 0. The summed E-state index contributed by atoms with van der Waals surface area (Å²) < 4.78 is 31.4. The zero-order valence-electron chi connectivity index (χ0n) is 11.8. The number of rotatable bonds is 3. The lowest BCUT2D eigenvalue weighted by molar-refractivity contribution is -0.132. The van der Waals surface area contributed by atoms with Gasteiger partial charge in [0, 0.05) is 20.1 Å². The molecule has 1 amide bonds. The maximum absolute atomic E-state index is 12.5. The van der Waals surface area contributed by atoms with Crippen LogP contribution in [0.15, 0.2) is 23.1 Å². The second-order valence-electron chi connectivity index (χ2n) is 4.79. The number of aryl methyl sites for hydroxylation is 1. The molecule has 6 nitrogen and oxygen atoms in total. The minimum absolute atomic E-state index is 0.107. The van der Waals surface area contributed by atoms with Gasteiger partial charge in [-0.1, -0.05) is 0 Å². The van der Waals surface area contributed by atoms with Crippen molar-refractivity contribution in [2.45, 2.75) is 11.8 Å². The van der Waals surface area contributed by atoms with Crippen LogP contribution in [-0.4, -0.2) is 57.3 Å². The predicted octanol–water partition coefficient (Wildman–Crippen LogP) is 0.466. The Labute approximate surface area is 119 Å². The summed E-state index contributed by atoms with van der Waals surface area (Å²) in [6, 6.07) is 4.70. The standard InChI is InChI=1S/C13H18N2O4S/c1-10-8-11(4-5-12(10)19-3)20(17,18)15-7-6-14(2)13(16)9-15/h4-5,8H,6-7,9H2,1-3H3. The molecule has 0 aliphatic carbocycles. The van der Waals surface area contributed by atoms with Crippen LogP contribution in [0.4, 0.5) is 0 Å². The Morgan fingerprint density at radius 2 is 1.95 bits per heavy atom. The summed E-state index contributed by atoms with van der Waals surface area (Å²) in [5.41, 5.74) is 0.744. The second kappa shape index (κ2) is 5.41. The Balaban J connectivity index is 2.31. The monoisotopic (exact) mass is 298 g/mol. The lowest BCUT2D eigenvalue weighted by Gasteiger charge is -2.31. The van der Waals surface area contributed by atoms with Crippen LogP contribution < -0.4 is 4.74 Å². The molecule has 2 rings (SSSR count).